The molecule has 1 saturated heterocycles. The summed E-state index contributed by atoms with van der Waals surface area (Å²) in [4.78, 5) is 30.6. The molecule has 3 amide bonds. The summed E-state index contributed by atoms with van der Waals surface area (Å²) in [6, 6.07) is 9.51. The number of rotatable bonds is 4. The predicted octanol–water partition coefficient (Wildman–Crippen LogP) is 4.15. The lowest BCUT2D eigenvalue weighted by Crippen LogP contribution is -2.33. The van der Waals surface area contributed by atoms with E-state index in [1.165, 1.54) is 4.90 Å². The maximum absolute atomic E-state index is 12.8. The molecule has 0 spiro atoms. The van der Waals surface area contributed by atoms with Crippen LogP contribution in [0.1, 0.15) is 5.56 Å². The number of hydrogen-bond donors (Lipinski definition) is 0. The van der Waals surface area contributed by atoms with Gasteiger partial charge in [-0.15, -0.1) is 0 Å². The van der Waals surface area contributed by atoms with Gasteiger partial charge in [-0.25, -0.2) is 18.1 Å². The third-order valence-corrected chi connectivity index (χ3v) is 6.64. The third kappa shape index (κ3) is 3.78. The first-order valence-corrected chi connectivity index (χ1v) is 10.9. The van der Waals surface area contributed by atoms with E-state index in [4.69, 9.17) is 11.6 Å². The minimum Gasteiger partial charge on any atom is -0.310 e. The Morgan fingerprint density at radius 1 is 1.03 bits per heavy atom. The number of hydrogen-bond acceptors (Lipinski definition) is 5. The van der Waals surface area contributed by atoms with Crippen LogP contribution in [0.25, 0.3) is 10.9 Å². The zero-order valence-corrected chi connectivity index (χ0v) is 17.6. The first-order valence-electron chi connectivity index (χ1n) is 9.05. The molecule has 1 aliphatic heterocycles. The fourth-order valence-electron chi connectivity index (χ4n) is 3.36. The number of alkyl halides is 3. The largest absolute Gasteiger partial charge is 0.501 e. The van der Waals surface area contributed by atoms with E-state index in [1.54, 1.807) is 30.5 Å². The number of fused-ring (bicyclic) bond motifs is 1. The van der Waals surface area contributed by atoms with E-state index in [1.807, 2.05) is 0 Å². The minimum absolute atomic E-state index is 0.0324. The van der Waals surface area contributed by atoms with Crippen LogP contribution in [0.15, 0.2) is 59.6 Å². The highest BCUT2D eigenvalue weighted by Crippen LogP contribution is 2.32. The van der Waals surface area contributed by atoms with Crippen molar-refractivity contribution in [3.63, 3.8) is 0 Å². The number of carbonyl (C=O) groups is 2. The Balaban J connectivity index is 1.59. The number of pyridine rings is 1. The molecular weight excluding hydrogens is 471 g/mol. The minimum atomic E-state index is -5.53. The van der Waals surface area contributed by atoms with Gasteiger partial charge in [-0.3, -0.25) is 9.78 Å². The number of sulfone groups is 1. The van der Waals surface area contributed by atoms with Gasteiger partial charge in [0, 0.05) is 23.2 Å². The number of nitrogens with zero attached hydrogens (tertiary/aromatic N) is 3. The maximum atomic E-state index is 12.8. The van der Waals surface area contributed by atoms with Crippen molar-refractivity contribution >= 4 is 50.0 Å². The molecule has 0 atom stereocenters. The van der Waals surface area contributed by atoms with Crippen molar-refractivity contribution in [1.82, 2.24) is 9.88 Å². The van der Waals surface area contributed by atoms with Crippen LogP contribution in [0.4, 0.5) is 23.7 Å². The lowest BCUT2D eigenvalue weighted by molar-refractivity contribution is -0.116. The van der Waals surface area contributed by atoms with Crippen LogP contribution in [0, 0.1) is 0 Å². The number of benzene rings is 2. The molecule has 1 fully saturated rings. The normalized spacial score (nSPS) is 15.1. The van der Waals surface area contributed by atoms with Gasteiger partial charge >= 0.3 is 11.5 Å². The second-order valence-electron chi connectivity index (χ2n) is 6.94. The molecule has 2 aromatic carbocycles. The number of halogens is 4. The Bertz CT molecular complexity index is 1340. The Morgan fingerprint density at radius 3 is 2.38 bits per heavy atom. The molecule has 7 nitrogen and oxygen atoms in total. The predicted molar refractivity (Wildman–Crippen MR) is 110 cm³/mol. The van der Waals surface area contributed by atoms with E-state index < -0.39 is 32.2 Å². The van der Waals surface area contributed by atoms with E-state index in [-0.39, 0.29) is 18.8 Å². The molecule has 12 heteroatoms. The van der Waals surface area contributed by atoms with Gasteiger partial charge in [0.15, 0.2) is 0 Å². The molecule has 1 aromatic heterocycles. The molecule has 1 aliphatic rings. The molecule has 0 radical (unpaired) electrons. The molecule has 4 rings (SSSR count). The zero-order chi connectivity index (χ0) is 23.3. The average Bonchev–Trinajstić information content (AvgIpc) is 3.00. The van der Waals surface area contributed by atoms with Gasteiger partial charge in [0.2, 0.25) is 0 Å². The number of aromatic nitrogens is 1. The second-order valence-corrected chi connectivity index (χ2v) is 9.32. The van der Waals surface area contributed by atoms with Gasteiger partial charge in [-0.1, -0.05) is 17.7 Å². The van der Waals surface area contributed by atoms with Crippen molar-refractivity contribution in [3.05, 3.63) is 65.3 Å². The van der Waals surface area contributed by atoms with Crippen molar-refractivity contribution in [2.75, 3.05) is 11.4 Å². The number of amides is 3. The van der Waals surface area contributed by atoms with Gasteiger partial charge in [0.25, 0.3) is 15.7 Å². The SMILES string of the molecule is O=C1CN(Cc2ccnc3cc(Cl)ccc23)C(=O)N1c1ccc(S(=O)(=O)C(F)(F)F)cc1. The van der Waals surface area contributed by atoms with E-state index in [9.17, 15) is 31.2 Å². The third-order valence-electron chi connectivity index (χ3n) is 4.90. The summed E-state index contributed by atoms with van der Waals surface area (Å²) in [7, 11) is -5.53. The Labute approximate surface area is 184 Å². The van der Waals surface area contributed by atoms with Crippen molar-refractivity contribution < 1.29 is 31.2 Å². The first-order chi connectivity index (χ1) is 15.0. The van der Waals surface area contributed by atoms with E-state index in [0.29, 0.717) is 22.7 Å². The van der Waals surface area contributed by atoms with Gasteiger partial charge in [0.1, 0.15) is 6.54 Å². The van der Waals surface area contributed by atoms with Gasteiger partial charge in [0.05, 0.1) is 16.1 Å². The molecule has 0 unspecified atom stereocenters. The lowest BCUT2D eigenvalue weighted by Gasteiger charge is -2.18. The van der Waals surface area contributed by atoms with Crippen LogP contribution < -0.4 is 4.90 Å². The smallest absolute Gasteiger partial charge is 0.310 e. The lowest BCUT2D eigenvalue weighted by atomic mass is 10.1. The molecule has 3 aromatic rings. The molecular formula is C20H13ClF3N3O4S. The van der Waals surface area contributed by atoms with Crippen molar-refractivity contribution in [2.24, 2.45) is 0 Å². The van der Waals surface area contributed by atoms with E-state index in [0.717, 1.165) is 28.0 Å². The number of carbonyl (C=O) groups excluding carboxylic acids is 2. The zero-order valence-electron chi connectivity index (χ0n) is 16.0. The summed E-state index contributed by atoms with van der Waals surface area (Å²) in [5.74, 6) is -0.595. The summed E-state index contributed by atoms with van der Waals surface area (Å²) in [5, 5.41) is 1.24. The first kappa shape index (κ1) is 22.0. The molecule has 32 heavy (non-hydrogen) atoms. The summed E-state index contributed by atoms with van der Waals surface area (Å²) < 4.78 is 61.1. The van der Waals surface area contributed by atoms with Crippen LogP contribution in [-0.4, -0.2) is 42.3 Å². The van der Waals surface area contributed by atoms with E-state index >= 15 is 0 Å². The van der Waals surface area contributed by atoms with Crippen LogP contribution in [0.2, 0.25) is 5.02 Å². The standard InChI is InChI=1S/C20H13ClF3N3O4S/c21-13-1-6-16-12(7-8-25-17(16)9-13)10-26-11-18(28)27(19(26)29)14-2-4-15(5-3-14)32(30,31)20(22,23)24/h1-9H,10-11H2. The number of imide groups is 1. The van der Waals surface area contributed by atoms with Crippen LogP contribution >= 0.6 is 11.6 Å². The van der Waals surface area contributed by atoms with E-state index in [2.05, 4.69) is 4.98 Å². The number of urea groups is 1. The Morgan fingerprint density at radius 2 is 1.72 bits per heavy atom. The molecule has 166 valence electrons. The second kappa shape index (κ2) is 7.75. The molecule has 0 bridgehead atoms. The van der Waals surface area contributed by atoms with Crippen molar-refractivity contribution in [1.29, 1.82) is 0 Å². The van der Waals surface area contributed by atoms with Gasteiger partial charge in [-0.05, 0) is 48.0 Å². The molecule has 2 heterocycles. The van der Waals surface area contributed by atoms with Crippen LogP contribution in [-0.2, 0) is 21.2 Å². The van der Waals surface area contributed by atoms with Crippen LogP contribution in [0.3, 0.4) is 0 Å². The maximum Gasteiger partial charge on any atom is 0.501 e. The van der Waals surface area contributed by atoms with Crippen molar-refractivity contribution in [3.8, 4) is 0 Å². The summed E-state index contributed by atoms with van der Waals surface area (Å²) in [6.45, 7) is -0.166. The van der Waals surface area contributed by atoms with Crippen LogP contribution in [0.5, 0.6) is 0 Å². The number of anilines is 1. The summed E-state index contributed by atoms with van der Waals surface area (Å²) in [6.07, 6.45) is 1.55. The average molecular weight is 484 g/mol. The highest BCUT2D eigenvalue weighted by molar-refractivity contribution is 7.92. The molecule has 0 saturated carbocycles. The Hall–Kier alpha value is -3.18. The fourth-order valence-corrected chi connectivity index (χ4v) is 4.29. The van der Waals surface area contributed by atoms with Gasteiger partial charge in [-0.2, -0.15) is 13.2 Å². The van der Waals surface area contributed by atoms with Gasteiger partial charge < -0.3 is 4.90 Å². The quantitative estimate of drug-likeness (QED) is 0.520. The Kier molecular flexibility index (Phi) is 5.33. The highest BCUT2D eigenvalue weighted by Gasteiger charge is 2.47. The topological polar surface area (TPSA) is 87.7 Å². The monoisotopic (exact) mass is 483 g/mol. The highest BCUT2D eigenvalue weighted by atomic mass is 35.5. The molecule has 0 N–H and O–H groups in total. The summed E-state index contributed by atoms with van der Waals surface area (Å²) in [5.41, 5.74) is -4.15. The molecule has 0 aliphatic carbocycles. The fraction of sp³-hybridized carbons (Fsp3) is 0.150. The van der Waals surface area contributed by atoms with Crippen molar-refractivity contribution in [2.45, 2.75) is 16.9 Å². The summed E-state index contributed by atoms with van der Waals surface area (Å²) >= 11 is 5.98.